The lowest BCUT2D eigenvalue weighted by molar-refractivity contribution is 0.0125. The van der Waals surface area contributed by atoms with E-state index in [1.165, 1.54) is 0 Å². The molecule has 1 aromatic rings. The van der Waals surface area contributed by atoms with E-state index in [2.05, 4.69) is 5.32 Å². The molecule has 0 atom stereocenters. The van der Waals surface area contributed by atoms with E-state index in [9.17, 15) is 9.90 Å². The van der Waals surface area contributed by atoms with Gasteiger partial charge in [-0.1, -0.05) is 0 Å². The second kappa shape index (κ2) is 5.42. The average molecular weight is 277 g/mol. The zero-order valence-electron chi connectivity index (χ0n) is 11.4. The van der Waals surface area contributed by atoms with Crippen LogP contribution < -0.4 is 10.1 Å². The molecular formula is C15H19NO4. The van der Waals surface area contributed by atoms with Gasteiger partial charge in [0.2, 0.25) is 0 Å². The minimum absolute atomic E-state index is 0.0594. The van der Waals surface area contributed by atoms with Crippen molar-refractivity contribution in [3.05, 3.63) is 29.3 Å². The first kappa shape index (κ1) is 13.4. The third-order valence-corrected chi connectivity index (χ3v) is 4.08. The van der Waals surface area contributed by atoms with E-state index in [1.807, 2.05) is 12.1 Å². The van der Waals surface area contributed by atoms with Gasteiger partial charge in [-0.15, -0.1) is 0 Å². The number of fused-ring (bicyclic) bond motifs is 1. The number of rotatable bonds is 3. The number of hydrogen-bond acceptors (Lipinski definition) is 4. The fraction of sp³-hybridized carbons (Fsp3) is 0.533. The van der Waals surface area contributed by atoms with Crippen molar-refractivity contribution in [2.75, 3.05) is 26.4 Å². The number of aliphatic hydroxyl groups is 1. The van der Waals surface area contributed by atoms with E-state index in [0.29, 0.717) is 38.2 Å². The van der Waals surface area contributed by atoms with Crippen LogP contribution in [0.2, 0.25) is 0 Å². The number of carbonyl (C=O) groups excluding carboxylic acids is 1. The van der Waals surface area contributed by atoms with Crippen LogP contribution >= 0.6 is 0 Å². The van der Waals surface area contributed by atoms with E-state index in [0.717, 1.165) is 17.7 Å². The molecule has 5 heteroatoms. The van der Waals surface area contributed by atoms with Crippen LogP contribution in [0, 0.1) is 0 Å². The van der Waals surface area contributed by atoms with Gasteiger partial charge in [-0.05, 0) is 36.6 Å². The summed E-state index contributed by atoms with van der Waals surface area (Å²) in [4.78, 5) is 12.4. The van der Waals surface area contributed by atoms with Crippen molar-refractivity contribution in [3.63, 3.8) is 0 Å². The van der Waals surface area contributed by atoms with E-state index < -0.39 is 5.54 Å². The fourth-order valence-corrected chi connectivity index (χ4v) is 2.73. The van der Waals surface area contributed by atoms with Gasteiger partial charge in [-0.25, -0.2) is 0 Å². The number of ether oxygens (including phenoxy) is 2. The summed E-state index contributed by atoms with van der Waals surface area (Å²) in [5, 5.41) is 12.6. The molecule has 1 saturated heterocycles. The molecule has 0 bridgehead atoms. The van der Waals surface area contributed by atoms with Gasteiger partial charge in [0.05, 0.1) is 18.8 Å². The SMILES string of the molecule is O=C(NC1(CO)CCOCC1)c1ccc2c(c1)CCO2. The number of aliphatic hydroxyl groups excluding tert-OH is 1. The lowest BCUT2D eigenvalue weighted by atomic mass is 9.90. The zero-order chi connectivity index (χ0) is 14.0. The summed E-state index contributed by atoms with van der Waals surface area (Å²) < 4.78 is 10.7. The molecule has 2 N–H and O–H groups in total. The first-order valence-corrected chi connectivity index (χ1v) is 6.99. The molecule has 1 aromatic carbocycles. The minimum atomic E-state index is -0.551. The summed E-state index contributed by atoms with van der Waals surface area (Å²) in [6.07, 6.45) is 2.13. The summed E-state index contributed by atoms with van der Waals surface area (Å²) in [5.41, 5.74) is 1.14. The van der Waals surface area contributed by atoms with Crippen molar-refractivity contribution >= 4 is 5.91 Å². The molecule has 0 aromatic heterocycles. The molecule has 3 rings (SSSR count). The standard InChI is InChI=1S/C15H19NO4/c17-10-15(4-7-19-8-5-15)16-14(18)12-1-2-13-11(9-12)3-6-20-13/h1-2,9,17H,3-8,10H2,(H,16,18). The highest BCUT2D eigenvalue weighted by atomic mass is 16.5. The third kappa shape index (κ3) is 2.51. The monoisotopic (exact) mass is 277 g/mol. The van der Waals surface area contributed by atoms with Gasteiger partial charge in [0.25, 0.3) is 5.91 Å². The van der Waals surface area contributed by atoms with Crippen LogP contribution in [-0.4, -0.2) is 43.0 Å². The minimum Gasteiger partial charge on any atom is -0.493 e. The first-order valence-electron chi connectivity index (χ1n) is 6.99. The van der Waals surface area contributed by atoms with Crippen LogP contribution in [-0.2, 0) is 11.2 Å². The molecule has 2 aliphatic heterocycles. The Morgan fingerprint density at radius 3 is 2.85 bits per heavy atom. The van der Waals surface area contributed by atoms with Crippen molar-refractivity contribution in [3.8, 4) is 5.75 Å². The number of nitrogens with one attached hydrogen (secondary N) is 1. The Labute approximate surface area is 117 Å². The Morgan fingerprint density at radius 1 is 1.30 bits per heavy atom. The molecule has 20 heavy (non-hydrogen) atoms. The Morgan fingerprint density at radius 2 is 2.10 bits per heavy atom. The number of carbonyl (C=O) groups is 1. The smallest absolute Gasteiger partial charge is 0.251 e. The van der Waals surface area contributed by atoms with Gasteiger partial charge in [0.15, 0.2) is 0 Å². The number of hydrogen-bond donors (Lipinski definition) is 2. The fourth-order valence-electron chi connectivity index (χ4n) is 2.73. The molecule has 108 valence electrons. The highest BCUT2D eigenvalue weighted by molar-refractivity contribution is 5.95. The summed E-state index contributed by atoms with van der Waals surface area (Å²) in [5.74, 6) is 0.722. The van der Waals surface area contributed by atoms with Crippen LogP contribution in [0.4, 0.5) is 0 Å². The maximum Gasteiger partial charge on any atom is 0.251 e. The normalized spacial score (nSPS) is 20.1. The molecule has 5 nitrogen and oxygen atoms in total. The van der Waals surface area contributed by atoms with Crippen LogP contribution in [0.5, 0.6) is 5.75 Å². The zero-order valence-corrected chi connectivity index (χ0v) is 11.4. The topological polar surface area (TPSA) is 67.8 Å². The molecule has 0 unspecified atom stereocenters. The lowest BCUT2D eigenvalue weighted by Gasteiger charge is -2.36. The van der Waals surface area contributed by atoms with E-state index >= 15 is 0 Å². The van der Waals surface area contributed by atoms with Crippen molar-refractivity contribution < 1.29 is 19.4 Å². The quantitative estimate of drug-likeness (QED) is 0.861. The predicted octanol–water partition coefficient (Wildman–Crippen LogP) is 0.893. The molecule has 0 radical (unpaired) electrons. The van der Waals surface area contributed by atoms with Gasteiger partial charge < -0.3 is 19.9 Å². The predicted molar refractivity (Wildman–Crippen MR) is 73.0 cm³/mol. The van der Waals surface area contributed by atoms with Gasteiger partial charge >= 0.3 is 0 Å². The Bertz CT molecular complexity index is 509. The summed E-state index contributed by atoms with van der Waals surface area (Å²) >= 11 is 0. The van der Waals surface area contributed by atoms with Gasteiger partial charge in [0, 0.05) is 25.2 Å². The second-order valence-corrected chi connectivity index (χ2v) is 5.43. The summed E-state index contributed by atoms with van der Waals surface area (Å²) in [7, 11) is 0. The van der Waals surface area contributed by atoms with Crippen LogP contribution in [0.25, 0.3) is 0 Å². The third-order valence-electron chi connectivity index (χ3n) is 4.08. The molecule has 1 amide bonds. The average Bonchev–Trinajstić information content (AvgIpc) is 2.95. The molecule has 0 spiro atoms. The van der Waals surface area contributed by atoms with Crippen molar-refractivity contribution in [1.29, 1.82) is 0 Å². The maximum absolute atomic E-state index is 12.4. The van der Waals surface area contributed by atoms with E-state index in [1.54, 1.807) is 6.07 Å². The van der Waals surface area contributed by atoms with Gasteiger partial charge in [0.1, 0.15) is 5.75 Å². The number of benzene rings is 1. The lowest BCUT2D eigenvalue weighted by Crippen LogP contribution is -2.54. The first-order chi connectivity index (χ1) is 9.72. The van der Waals surface area contributed by atoms with Gasteiger partial charge in [-0.2, -0.15) is 0 Å². The van der Waals surface area contributed by atoms with E-state index in [4.69, 9.17) is 9.47 Å². The molecule has 1 fully saturated rings. The molecular weight excluding hydrogens is 258 g/mol. The van der Waals surface area contributed by atoms with E-state index in [-0.39, 0.29) is 12.5 Å². The Hall–Kier alpha value is -1.59. The van der Waals surface area contributed by atoms with Crippen molar-refractivity contribution in [2.45, 2.75) is 24.8 Å². The molecule has 2 heterocycles. The molecule has 0 aliphatic carbocycles. The molecule has 0 saturated carbocycles. The van der Waals surface area contributed by atoms with Crippen molar-refractivity contribution in [2.24, 2.45) is 0 Å². The maximum atomic E-state index is 12.4. The summed E-state index contributed by atoms with van der Waals surface area (Å²) in [6.45, 7) is 1.76. The molecule has 2 aliphatic rings. The van der Waals surface area contributed by atoms with Crippen LogP contribution in [0.1, 0.15) is 28.8 Å². The highest BCUT2D eigenvalue weighted by Crippen LogP contribution is 2.26. The largest absolute Gasteiger partial charge is 0.493 e. The Kier molecular flexibility index (Phi) is 3.63. The second-order valence-electron chi connectivity index (χ2n) is 5.43. The van der Waals surface area contributed by atoms with Crippen LogP contribution in [0.15, 0.2) is 18.2 Å². The van der Waals surface area contributed by atoms with Crippen molar-refractivity contribution in [1.82, 2.24) is 5.32 Å². The summed E-state index contributed by atoms with van der Waals surface area (Å²) in [6, 6.07) is 5.48. The highest BCUT2D eigenvalue weighted by Gasteiger charge is 2.33. The van der Waals surface area contributed by atoms with Crippen LogP contribution in [0.3, 0.4) is 0 Å². The van der Waals surface area contributed by atoms with Gasteiger partial charge in [-0.3, -0.25) is 4.79 Å². The number of amides is 1. The Balaban J connectivity index is 1.75.